The van der Waals surface area contributed by atoms with Crippen molar-refractivity contribution in [3.05, 3.63) is 41.5 Å². The second-order valence-corrected chi connectivity index (χ2v) is 8.53. The standard InChI is InChI=1S/C20H30N2O3S/c1-3-18-9-11-20(12-10-18)26(24,25)21-14-16-22(17(2)23)15-13-19-7-5-4-6-8-19/h7,9-12,21H,3-6,8,13-16H2,1-2H3. The molecule has 1 aromatic rings. The maximum absolute atomic E-state index is 12.4. The first-order chi connectivity index (χ1) is 12.4. The van der Waals surface area contributed by atoms with E-state index in [1.165, 1.54) is 25.3 Å². The molecule has 144 valence electrons. The van der Waals surface area contributed by atoms with Crippen LogP contribution in [0.5, 0.6) is 0 Å². The molecule has 5 nitrogen and oxygen atoms in total. The highest BCUT2D eigenvalue weighted by Gasteiger charge is 2.15. The van der Waals surface area contributed by atoms with Crippen LogP contribution in [0.25, 0.3) is 0 Å². The lowest BCUT2D eigenvalue weighted by Gasteiger charge is -2.23. The van der Waals surface area contributed by atoms with E-state index >= 15 is 0 Å². The molecule has 1 aliphatic carbocycles. The van der Waals surface area contributed by atoms with E-state index in [2.05, 4.69) is 10.8 Å². The Bertz CT molecular complexity index is 724. The van der Waals surface area contributed by atoms with Crippen LogP contribution in [-0.2, 0) is 21.2 Å². The number of sulfonamides is 1. The summed E-state index contributed by atoms with van der Waals surface area (Å²) in [5.74, 6) is -0.0205. The van der Waals surface area contributed by atoms with Crippen molar-refractivity contribution in [2.75, 3.05) is 19.6 Å². The molecule has 0 atom stereocenters. The molecular formula is C20H30N2O3S. The van der Waals surface area contributed by atoms with Crippen LogP contribution in [-0.4, -0.2) is 38.9 Å². The molecule has 0 unspecified atom stereocenters. The highest BCUT2D eigenvalue weighted by atomic mass is 32.2. The van der Waals surface area contributed by atoms with Gasteiger partial charge >= 0.3 is 0 Å². The third-order valence-corrected chi connectivity index (χ3v) is 6.33. The van der Waals surface area contributed by atoms with Crippen molar-refractivity contribution >= 4 is 15.9 Å². The van der Waals surface area contributed by atoms with E-state index in [1.807, 2.05) is 19.1 Å². The Hall–Kier alpha value is -1.66. The monoisotopic (exact) mass is 378 g/mol. The zero-order valence-corrected chi connectivity index (χ0v) is 16.6. The van der Waals surface area contributed by atoms with E-state index in [9.17, 15) is 13.2 Å². The summed E-state index contributed by atoms with van der Waals surface area (Å²) in [6, 6.07) is 6.90. The summed E-state index contributed by atoms with van der Waals surface area (Å²) < 4.78 is 27.3. The van der Waals surface area contributed by atoms with Gasteiger partial charge in [0.15, 0.2) is 0 Å². The lowest BCUT2D eigenvalue weighted by atomic mass is 9.97. The molecule has 26 heavy (non-hydrogen) atoms. The predicted molar refractivity (Wildman–Crippen MR) is 104 cm³/mol. The Morgan fingerprint density at radius 3 is 2.46 bits per heavy atom. The van der Waals surface area contributed by atoms with Crippen LogP contribution in [0.15, 0.2) is 40.8 Å². The summed E-state index contributed by atoms with van der Waals surface area (Å²) in [7, 11) is -3.54. The van der Waals surface area contributed by atoms with Crippen molar-refractivity contribution < 1.29 is 13.2 Å². The highest BCUT2D eigenvalue weighted by Crippen LogP contribution is 2.20. The number of aryl methyl sites for hydroxylation is 1. The Morgan fingerprint density at radius 1 is 1.15 bits per heavy atom. The van der Waals surface area contributed by atoms with Gasteiger partial charge in [-0.2, -0.15) is 0 Å². The molecule has 0 spiro atoms. The minimum absolute atomic E-state index is 0.0205. The van der Waals surface area contributed by atoms with Gasteiger partial charge in [0.05, 0.1) is 4.90 Å². The lowest BCUT2D eigenvalue weighted by Crippen LogP contribution is -2.38. The normalized spacial score (nSPS) is 14.8. The SMILES string of the molecule is CCc1ccc(S(=O)(=O)NCCN(CCC2=CCCCC2)C(C)=O)cc1. The number of amides is 1. The van der Waals surface area contributed by atoms with E-state index in [-0.39, 0.29) is 17.3 Å². The third kappa shape index (κ3) is 6.25. The van der Waals surface area contributed by atoms with Crippen LogP contribution in [0.4, 0.5) is 0 Å². The molecule has 0 saturated heterocycles. The predicted octanol–water partition coefficient (Wildman–Crippen LogP) is 3.27. The topological polar surface area (TPSA) is 66.5 Å². The largest absolute Gasteiger partial charge is 0.341 e. The maximum Gasteiger partial charge on any atom is 0.240 e. The number of allylic oxidation sites excluding steroid dienone is 1. The quantitative estimate of drug-likeness (QED) is 0.671. The van der Waals surface area contributed by atoms with Crippen LogP contribution in [0, 0.1) is 0 Å². The molecule has 1 aromatic carbocycles. The second-order valence-electron chi connectivity index (χ2n) is 6.76. The maximum atomic E-state index is 12.4. The van der Waals surface area contributed by atoms with Gasteiger partial charge in [-0.25, -0.2) is 13.1 Å². The van der Waals surface area contributed by atoms with Gasteiger partial charge in [-0.05, 0) is 56.2 Å². The number of rotatable bonds is 9. The molecule has 1 amide bonds. The molecule has 0 radical (unpaired) electrons. The molecule has 0 aliphatic heterocycles. The summed E-state index contributed by atoms with van der Waals surface area (Å²) in [6.45, 7) is 4.81. The van der Waals surface area contributed by atoms with E-state index in [4.69, 9.17) is 0 Å². The van der Waals surface area contributed by atoms with Crippen molar-refractivity contribution in [3.63, 3.8) is 0 Å². The molecular weight excluding hydrogens is 348 g/mol. The Kier molecular flexibility index (Phi) is 7.85. The zero-order chi connectivity index (χ0) is 19.0. The van der Waals surface area contributed by atoms with E-state index in [0.29, 0.717) is 13.1 Å². The van der Waals surface area contributed by atoms with Crippen LogP contribution < -0.4 is 4.72 Å². The fourth-order valence-corrected chi connectivity index (χ4v) is 4.16. The number of nitrogens with one attached hydrogen (secondary N) is 1. The molecule has 0 bridgehead atoms. The fourth-order valence-electron chi connectivity index (χ4n) is 3.14. The third-order valence-electron chi connectivity index (χ3n) is 4.85. The first-order valence-corrected chi connectivity index (χ1v) is 10.9. The van der Waals surface area contributed by atoms with E-state index < -0.39 is 10.0 Å². The van der Waals surface area contributed by atoms with Crippen LogP contribution in [0.2, 0.25) is 0 Å². The van der Waals surface area contributed by atoms with Gasteiger partial charge in [0.2, 0.25) is 15.9 Å². The minimum atomic E-state index is -3.54. The Morgan fingerprint density at radius 2 is 1.88 bits per heavy atom. The van der Waals surface area contributed by atoms with Gasteiger partial charge < -0.3 is 4.90 Å². The molecule has 1 aliphatic rings. The second kappa shape index (κ2) is 9.88. The molecule has 0 heterocycles. The summed E-state index contributed by atoms with van der Waals surface area (Å²) >= 11 is 0. The van der Waals surface area contributed by atoms with Gasteiger partial charge in [0.1, 0.15) is 0 Å². The van der Waals surface area contributed by atoms with Crippen LogP contribution in [0.3, 0.4) is 0 Å². The molecule has 0 saturated carbocycles. The van der Waals surface area contributed by atoms with Crippen molar-refractivity contribution in [1.29, 1.82) is 0 Å². The van der Waals surface area contributed by atoms with Gasteiger partial charge in [-0.3, -0.25) is 4.79 Å². The lowest BCUT2D eigenvalue weighted by molar-refractivity contribution is -0.128. The number of carbonyl (C=O) groups excluding carboxylic acids is 1. The molecule has 2 rings (SSSR count). The van der Waals surface area contributed by atoms with Crippen LogP contribution in [0.1, 0.15) is 51.5 Å². The minimum Gasteiger partial charge on any atom is -0.341 e. The summed E-state index contributed by atoms with van der Waals surface area (Å²) in [6.07, 6.45) is 8.76. The summed E-state index contributed by atoms with van der Waals surface area (Å²) in [5, 5.41) is 0. The average Bonchev–Trinajstić information content (AvgIpc) is 2.65. The van der Waals surface area contributed by atoms with Crippen molar-refractivity contribution in [2.24, 2.45) is 0 Å². The average molecular weight is 379 g/mol. The van der Waals surface area contributed by atoms with Gasteiger partial charge in [0.25, 0.3) is 0 Å². The first kappa shape index (κ1) is 20.6. The van der Waals surface area contributed by atoms with E-state index in [1.54, 1.807) is 17.0 Å². The molecule has 0 aromatic heterocycles. The molecule has 6 heteroatoms. The summed E-state index contributed by atoms with van der Waals surface area (Å²) in [5.41, 5.74) is 2.52. The highest BCUT2D eigenvalue weighted by molar-refractivity contribution is 7.89. The van der Waals surface area contributed by atoms with Crippen molar-refractivity contribution in [3.8, 4) is 0 Å². The molecule has 0 fully saturated rings. The van der Waals surface area contributed by atoms with Crippen molar-refractivity contribution in [1.82, 2.24) is 9.62 Å². The number of benzene rings is 1. The van der Waals surface area contributed by atoms with Crippen LogP contribution >= 0.6 is 0 Å². The number of nitrogens with zero attached hydrogens (tertiary/aromatic N) is 1. The fraction of sp³-hybridized carbons (Fsp3) is 0.550. The van der Waals surface area contributed by atoms with Gasteiger partial charge in [-0.15, -0.1) is 0 Å². The number of carbonyl (C=O) groups is 1. The Balaban J connectivity index is 1.85. The van der Waals surface area contributed by atoms with Gasteiger partial charge in [0, 0.05) is 26.6 Å². The summed E-state index contributed by atoms with van der Waals surface area (Å²) in [4.78, 5) is 13.8. The number of hydrogen-bond acceptors (Lipinski definition) is 3. The van der Waals surface area contributed by atoms with Gasteiger partial charge in [-0.1, -0.05) is 30.7 Å². The smallest absolute Gasteiger partial charge is 0.240 e. The van der Waals surface area contributed by atoms with E-state index in [0.717, 1.165) is 31.2 Å². The zero-order valence-electron chi connectivity index (χ0n) is 15.8. The molecule has 1 N–H and O–H groups in total. The van der Waals surface area contributed by atoms with Crippen molar-refractivity contribution in [2.45, 2.75) is 57.3 Å². The first-order valence-electron chi connectivity index (χ1n) is 9.44. The number of hydrogen-bond donors (Lipinski definition) is 1. The Labute approximate surface area is 157 Å².